The summed E-state index contributed by atoms with van der Waals surface area (Å²) in [6.45, 7) is 1.37. The normalized spacial score (nSPS) is 15.5. The molecule has 0 bridgehead atoms. The SMILES string of the molecule is Cc1c(Cc2c(F)cccc2C(F)(F)F)c2n(c(=O)c1-c1cccc(OC(F)(F)F)c1)C(C(=O)O)CS2. The molecule has 0 aliphatic carbocycles. The third-order valence-corrected chi connectivity index (χ3v) is 7.04. The van der Waals surface area contributed by atoms with Crippen LogP contribution in [0.15, 0.2) is 52.3 Å². The number of fused-ring (bicyclic) bond motifs is 1. The van der Waals surface area contributed by atoms with E-state index in [1.54, 1.807) is 0 Å². The van der Waals surface area contributed by atoms with Gasteiger partial charge in [-0.05, 0) is 47.9 Å². The van der Waals surface area contributed by atoms with Crippen LogP contribution in [0.25, 0.3) is 11.1 Å². The molecule has 1 aliphatic rings. The van der Waals surface area contributed by atoms with Gasteiger partial charge in [-0.1, -0.05) is 18.2 Å². The number of alkyl halides is 6. The van der Waals surface area contributed by atoms with Crippen molar-refractivity contribution in [3.05, 3.63) is 80.9 Å². The summed E-state index contributed by atoms with van der Waals surface area (Å²) in [7, 11) is 0. The van der Waals surface area contributed by atoms with Gasteiger partial charge in [0.15, 0.2) is 0 Å². The molecule has 13 heteroatoms. The Balaban J connectivity index is 1.98. The van der Waals surface area contributed by atoms with E-state index < -0.39 is 59.2 Å². The predicted molar refractivity (Wildman–Crippen MR) is 119 cm³/mol. The molecule has 1 aliphatic heterocycles. The van der Waals surface area contributed by atoms with Crippen molar-refractivity contribution in [2.45, 2.75) is 37.0 Å². The molecular weight excluding hydrogens is 531 g/mol. The highest BCUT2D eigenvalue weighted by atomic mass is 32.2. The van der Waals surface area contributed by atoms with E-state index in [-0.39, 0.29) is 33.0 Å². The van der Waals surface area contributed by atoms with E-state index in [9.17, 15) is 45.4 Å². The third-order valence-electron chi connectivity index (χ3n) is 5.85. The Labute approximate surface area is 208 Å². The highest BCUT2D eigenvalue weighted by Crippen LogP contribution is 2.42. The lowest BCUT2D eigenvalue weighted by Crippen LogP contribution is -2.31. The van der Waals surface area contributed by atoms with Gasteiger partial charge in [-0.3, -0.25) is 9.36 Å². The van der Waals surface area contributed by atoms with Crippen LogP contribution in [0.1, 0.15) is 28.3 Å². The molecule has 0 saturated heterocycles. The minimum Gasteiger partial charge on any atom is -0.480 e. The molecule has 1 atom stereocenters. The zero-order chi connectivity index (χ0) is 27.3. The van der Waals surface area contributed by atoms with Gasteiger partial charge in [0, 0.05) is 17.7 Å². The Hall–Kier alpha value is -3.48. The second-order valence-corrected chi connectivity index (χ2v) is 9.15. The van der Waals surface area contributed by atoms with Gasteiger partial charge in [-0.25, -0.2) is 9.18 Å². The molecule has 2 aromatic carbocycles. The number of aromatic nitrogens is 1. The Morgan fingerprint density at radius 3 is 2.41 bits per heavy atom. The first kappa shape index (κ1) is 26.6. The number of carbonyl (C=O) groups is 1. The van der Waals surface area contributed by atoms with Gasteiger partial charge in [0.05, 0.1) is 16.2 Å². The number of halogens is 7. The average molecular weight is 547 g/mol. The van der Waals surface area contributed by atoms with Gasteiger partial charge >= 0.3 is 18.5 Å². The molecule has 1 aromatic heterocycles. The highest BCUT2D eigenvalue weighted by molar-refractivity contribution is 7.99. The summed E-state index contributed by atoms with van der Waals surface area (Å²) in [6, 6.07) is 5.43. The van der Waals surface area contributed by atoms with Crippen molar-refractivity contribution in [2.24, 2.45) is 0 Å². The molecule has 1 unspecified atom stereocenters. The number of thioether (sulfide) groups is 1. The monoisotopic (exact) mass is 547 g/mol. The number of ether oxygens (including phenoxy) is 1. The van der Waals surface area contributed by atoms with Gasteiger partial charge in [-0.15, -0.1) is 24.9 Å². The highest BCUT2D eigenvalue weighted by Gasteiger charge is 2.38. The maximum Gasteiger partial charge on any atom is 0.573 e. The maximum absolute atomic E-state index is 14.7. The number of pyridine rings is 1. The number of hydrogen-bond acceptors (Lipinski definition) is 4. The van der Waals surface area contributed by atoms with Crippen LogP contribution in [-0.4, -0.2) is 27.8 Å². The standard InChI is InChI=1S/C24H16F7NO4S/c1-11-14(9-15-16(23(26,27)28)6-3-7-17(15)25)21-32(18(10-37-21)22(34)35)20(33)19(11)12-4-2-5-13(8-12)36-24(29,30)31/h2-8,18H,9-10H2,1H3,(H,34,35). The molecule has 0 saturated carbocycles. The second kappa shape index (κ2) is 9.43. The van der Waals surface area contributed by atoms with Crippen LogP contribution in [0.4, 0.5) is 30.7 Å². The van der Waals surface area contributed by atoms with Crippen molar-refractivity contribution in [1.82, 2.24) is 4.57 Å². The van der Waals surface area contributed by atoms with Crippen LogP contribution in [0.2, 0.25) is 0 Å². The van der Waals surface area contributed by atoms with E-state index in [4.69, 9.17) is 0 Å². The van der Waals surface area contributed by atoms with E-state index in [1.807, 2.05) is 0 Å². The third kappa shape index (κ3) is 5.17. The van der Waals surface area contributed by atoms with Gasteiger partial charge in [0.2, 0.25) is 0 Å². The van der Waals surface area contributed by atoms with Crippen LogP contribution >= 0.6 is 11.8 Å². The van der Waals surface area contributed by atoms with E-state index in [0.717, 1.165) is 40.6 Å². The number of rotatable bonds is 5. The summed E-state index contributed by atoms with van der Waals surface area (Å²) in [5.74, 6) is -3.32. The van der Waals surface area contributed by atoms with E-state index in [0.29, 0.717) is 6.07 Å². The molecule has 4 rings (SSSR count). The molecular formula is C24H16F7NO4S. The quantitative estimate of drug-likeness (QED) is 0.385. The average Bonchev–Trinajstić information content (AvgIpc) is 3.22. The Morgan fingerprint density at radius 2 is 1.78 bits per heavy atom. The number of benzene rings is 2. The predicted octanol–water partition coefficient (Wildman–Crippen LogP) is 6.20. The van der Waals surface area contributed by atoms with Crippen molar-refractivity contribution in [3.8, 4) is 16.9 Å². The van der Waals surface area contributed by atoms with Crippen LogP contribution in [0, 0.1) is 12.7 Å². The molecule has 0 fully saturated rings. The number of nitrogens with zero attached hydrogens (tertiary/aromatic N) is 1. The Morgan fingerprint density at radius 1 is 1.11 bits per heavy atom. The smallest absolute Gasteiger partial charge is 0.480 e. The van der Waals surface area contributed by atoms with Crippen molar-refractivity contribution >= 4 is 17.7 Å². The summed E-state index contributed by atoms with van der Waals surface area (Å²) in [5.41, 5.74) is -2.98. The zero-order valence-corrected chi connectivity index (χ0v) is 19.5. The number of carboxylic acids is 1. The van der Waals surface area contributed by atoms with Gasteiger partial charge < -0.3 is 9.84 Å². The molecule has 3 aromatic rings. The summed E-state index contributed by atoms with van der Waals surface area (Å²) in [4.78, 5) is 25.3. The van der Waals surface area contributed by atoms with E-state index in [2.05, 4.69) is 4.74 Å². The van der Waals surface area contributed by atoms with Crippen LogP contribution < -0.4 is 10.3 Å². The molecule has 1 N–H and O–H groups in total. The molecule has 0 spiro atoms. The second-order valence-electron chi connectivity index (χ2n) is 8.14. The van der Waals surface area contributed by atoms with E-state index >= 15 is 0 Å². The summed E-state index contributed by atoms with van der Waals surface area (Å²) < 4.78 is 98.7. The van der Waals surface area contributed by atoms with Crippen molar-refractivity contribution < 1.29 is 45.4 Å². The minimum absolute atomic E-state index is 0.0534. The van der Waals surface area contributed by atoms with Gasteiger partial charge in [-0.2, -0.15) is 13.2 Å². The maximum atomic E-state index is 14.7. The number of aliphatic carboxylic acids is 1. The van der Waals surface area contributed by atoms with Gasteiger partial charge in [0.25, 0.3) is 5.56 Å². The Kier molecular flexibility index (Phi) is 6.78. The summed E-state index contributed by atoms with van der Waals surface area (Å²) in [5, 5.41) is 9.69. The first-order valence-electron chi connectivity index (χ1n) is 10.5. The fourth-order valence-electron chi connectivity index (χ4n) is 4.26. The molecule has 5 nitrogen and oxygen atoms in total. The first-order chi connectivity index (χ1) is 17.2. The molecule has 2 heterocycles. The summed E-state index contributed by atoms with van der Waals surface area (Å²) in [6.07, 6.45) is -10.6. The van der Waals surface area contributed by atoms with Crippen molar-refractivity contribution in [3.63, 3.8) is 0 Å². The largest absolute Gasteiger partial charge is 0.573 e. The topological polar surface area (TPSA) is 68.5 Å². The van der Waals surface area contributed by atoms with Crippen LogP contribution in [0.5, 0.6) is 5.75 Å². The molecule has 0 radical (unpaired) electrons. The van der Waals surface area contributed by atoms with E-state index in [1.165, 1.54) is 19.1 Å². The van der Waals surface area contributed by atoms with Crippen LogP contribution in [-0.2, 0) is 17.4 Å². The number of hydrogen-bond donors (Lipinski definition) is 1. The van der Waals surface area contributed by atoms with Gasteiger partial charge in [0.1, 0.15) is 17.6 Å². The molecule has 37 heavy (non-hydrogen) atoms. The molecule has 0 amide bonds. The van der Waals surface area contributed by atoms with Crippen molar-refractivity contribution in [1.29, 1.82) is 0 Å². The van der Waals surface area contributed by atoms with Crippen molar-refractivity contribution in [2.75, 3.05) is 5.75 Å². The zero-order valence-electron chi connectivity index (χ0n) is 18.7. The fraction of sp³-hybridized carbons (Fsp3) is 0.250. The fourth-order valence-corrected chi connectivity index (χ4v) is 5.62. The minimum atomic E-state index is -5.03. The lowest BCUT2D eigenvalue weighted by molar-refractivity contribution is -0.274. The van der Waals surface area contributed by atoms with Crippen LogP contribution in [0.3, 0.4) is 0 Å². The lowest BCUT2D eigenvalue weighted by atomic mass is 9.92. The number of carboxylic acid groups (broad SMARTS) is 1. The summed E-state index contributed by atoms with van der Waals surface area (Å²) >= 11 is 0.918. The molecule has 196 valence electrons. The Bertz CT molecular complexity index is 1450. The first-order valence-corrected chi connectivity index (χ1v) is 11.5. The lowest BCUT2D eigenvalue weighted by Gasteiger charge is -2.21.